The van der Waals surface area contributed by atoms with Crippen LogP contribution >= 0.6 is 0 Å². The summed E-state index contributed by atoms with van der Waals surface area (Å²) in [7, 11) is 0. The molecule has 0 radical (unpaired) electrons. The van der Waals surface area contributed by atoms with E-state index in [-0.39, 0.29) is 18.8 Å². The third kappa shape index (κ3) is 6.78. The van der Waals surface area contributed by atoms with Crippen LogP contribution in [0.5, 0.6) is 0 Å². The largest absolute Gasteiger partial charge is 0.463 e. The first-order valence-corrected chi connectivity index (χ1v) is 7.54. The molecule has 0 aliphatic heterocycles. The molecule has 4 nitrogen and oxygen atoms in total. The second-order valence-corrected chi connectivity index (χ2v) is 4.65. The highest BCUT2D eigenvalue weighted by molar-refractivity contribution is 6.00. The molecule has 0 saturated heterocycles. The highest BCUT2D eigenvalue weighted by Crippen LogP contribution is 2.13. The fourth-order valence-corrected chi connectivity index (χ4v) is 1.80. The Hall–Kier alpha value is -2.62. The third-order valence-corrected chi connectivity index (χ3v) is 2.90. The monoisotopic (exact) mass is 314 g/mol. The maximum absolute atomic E-state index is 12.0. The zero-order valence-corrected chi connectivity index (χ0v) is 13.7. The molecule has 0 N–H and O–H groups in total. The Balaban J connectivity index is 2.96. The van der Waals surface area contributed by atoms with Gasteiger partial charge in [-0.05, 0) is 31.9 Å². The summed E-state index contributed by atoms with van der Waals surface area (Å²) in [4.78, 5) is 23.6. The van der Waals surface area contributed by atoms with Crippen LogP contribution in [0.2, 0.25) is 0 Å². The molecule has 0 heterocycles. The van der Waals surface area contributed by atoms with Gasteiger partial charge in [0.1, 0.15) is 0 Å². The number of allylic oxidation sites excluding steroid dienone is 2. The van der Waals surface area contributed by atoms with Crippen LogP contribution < -0.4 is 0 Å². The lowest BCUT2D eigenvalue weighted by atomic mass is 10.1. The van der Waals surface area contributed by atoms with Gasteiger partial charge in [-0.25, -0.2) is 9.59 Å². The van der Waals surface area contributed by atoms with Gasteiger partial charge in [-0.1, -0.05) is 48.6 Å². The van der Waals surface area contributed by atoms with Crippen molar-refractivity contribution in [2.45, 2.75) is 20.8 Å². The van der Waals surface area contributed by atoms with Crippen LogP contribution in [0.3, 0.4) is 0 Å². The Morgan fingerprint density at radius 2 is 1.70 bits per heavy atom. The molecule has 1 aromatic carbocycles. The molecule has 0 saturated carbocycles. The van der Waals surface area contributed by atoms with Gasteiger partial charge in [0, 0.05) is 6.08 Å². The molecule has 4 heteroatoms. The van der Waals surface area contributed by atoms with Crippen molar-refractivity contribution < 1.29 is 19.1 Å². The standard InChI is InChI=1S/C19H22O4/c1-4-22-18(20)14-17(19(21)23-5-2)15(3)10-9-13-16-11-7-6-8-12-16/h6-14H,4-5H2,1-3H3/b13-9+,15-10+,17-14+. The lowest BCUT2D eigenvalue weighted by molar-refractivity contribution is -0.140. The molecule has 0 unspecified atom stereocenters. The molecule has 0 bridgehead atoms. The smallest absolute Gasteiger partial charge is 0.338 e. The lowest BCUT2D eigenvalue weighted by Crippen LogP contribution is -2.12. The lowest BCUT2D eigenvalue weighted by Gasteiger charge is -2.07. The molecule has 0 atom stereocenters. The zero-order valence-electron chi connectivity index (χ0n) is 13.7. The topological polar surface area (TPSA) is 52.6 Å². The van der Waals surface area contributed by atoms with Crippen LogP contribution in [-0.4, -0.2) is 25.2 Å². The predicted octanol–water partition coefficient (Wildman–Crippen LogP) is 3.70. The van der Waals surface area contributed by atoms with E-state index >= 15 is 0 Å². The van der Waals surface area contributed by atoms with Gasteiger partial charge in [0.2, 0.25) is 0 Å². The average Bonchev–Trinajstić information content (AvgIpc) is 2.54. The van der Waals surface area contributed by atoms with Crippen molar-refractivity contribution >= 4 is 18.0 Å². The maximum atomic E-state index is 12.0. The van der Waals surface area contributed by atoms with Gasteiger partial charge in [0.25, 0.3) is 0 Å². The van der Waals surface area contributed by atoms with E-state index in [0.29, 0.717) is 5.57 Å². The van der Waals surface area contributed by atoms with Crippen molar-refractivity contribution in [3.05, 3.63) is 65.3 Å². The first kappa shape index (κ1) is 18.4. The van der Waals surface area contributed by atoms with Crippen molar-refractivity contribution in [2.24, 2.45) is 0 Å². The number of carbonyl (C=O) groups is 2. The summed E-state index contributed by atoms with van der Waals surface area (Å²) in [6, 6.07) is 9.78. The van der Waals surface area contributed by atoms with Crippen molar-refractivity contribution in [3.63, 3.8) is 0 Å². The van der Waals surface area contributed by atoms with E-state index in [4.69, 9.17) is 9.47 Å². The third-order valence-electron chi connectivity index (χ3n) is 2.90. The van der Waals surface area contributed by atoms with Gasteiger partial charge in [-0.15, -0.1) is 0 Å². The number of ether oxygens (including phenoxy) is 2. The maximum Gasteiger partial charge on any atom is 0.338 e. The van der Waals surface area contributed by atoms with Crippen molar-refractivity contribution in [2.75, 3.05) is 13.2 Å². The summed E-state index contributed by atoms with van der Waals surface area (Å²) in [5, 5.41) is 0. The number of carbonyl (C=O) groups excluding carboxylic acids is 2. The number of hydrogen-bond donors (Lipinski definition) is 0. The number of benzene rings is 1. The number of hydrogen-bond acceptors (Lipinski definition) is 4. The Bertz CT molecular complexity index is 610. The number of esters is 2. The Morgan fingerprint density at radius 1 is 1.04 bits per heavy atom. The molecule has 0 amide bonds. The van der Waals surface area contributed by atoms with Crippen molar-refractivity contribution in [1.29, 1.82) is 0 Å². The van der Waals surface area contributed by atoms with Crippen LogP contribution in [0.25, 0.3) is 6.08 Å². The minimum absolute atomic E-state index is 0.197. The summed E-state index contributed by atoms with van der Waals surface area (Å²) in [5.41, 5.74) is 1.87. The molecule has 0 aromatic heterocycles. The first-order chi connectivity index (χ1) is 11.1. The minimum atomic E-state index is -0.560. The molecular formula is C19H22O4. The summed E-state index contributed by atoms with van der Waals surface area (Å²) in [5.74, 6) is -1.10. The van der Waals surface area contributed by atoms with E-state index in [2.05, 4.69) is 0 Å². The normalized spacial score (nSPS) is 12.3. The Labute approximate surface area is 137 Å². The van der Waals surface area contributed by atoms with Crippen molar-refractivity contribution in [1.82, 2.24) is 0 Å². The summed E-state index contributed by atoms with van der Waals surface area (Å²) in [6.45, 7) is 5.67. The quantitative estimate of drug-likeness (QED) is 0.437. The van der Waals surface area contributed by atoms with Crippen LogP contribution in [0, 0.1) is 0 Å². The Morgan fingerprint density at radius 3 is 2.30 bits per heavy atom. The van der Waals surface area contributed by atoms with Gasteiger partial charge in [-0.2, -0.15) is 0 Å². The first-order valence-electron chi connectivity index (χ1n) is 7.54. The fraction of sp³-hybridized carbons (Fsp3) is 0.263. The fourth-order valence-electron chi connectivity index (χ4n) is 1.80. The van der Waals surface area contributed by atoms with Gasteiger partial charge >= 0.3 is 11.9 Å². The summed E-state index contributed by atoms with van der Waals surface area (Å²) >= 11 is 0. The average molecular weight is 314 g/mol. The van der Waals surface area contributed by atoms with Crippen LogP contribution in [0.1, 0.15) is 26.3 Å². The van der Waals surface area contributed by atoms with Crippen LogP contribution in [0.4, 0.5) is 0 Å². The highest BCUT2D eigenvalue weighted by Gasteiger charge is 2.14. The molecule has 0 aliphatic rings. The van der Waals surface area contributed by atoms with Gasteiger partial charge in [0.05, 0.1) is 18.8 Å². The minimum Gasteiger partial charge on any atom is -0.463 e. The van der Waals surface area contributed by atoms with Gasteiger partial charge < -0.3 is 9.47 Å². The Kier molecular flexibility index (Phi) is 8.14. The van der Waals surface area contributed by atoms with E-state index in [1.54, 1.807) is 26.8 Å². The molecule has 1 rings (SSSR count). The second kappa shape index (κ2) is 10.2. The second-order valence-electron chi connectivity index (χ2n) is 4.65. The summed E-state index contributed by atoms with van der Waals surface area (Å²) in [6.07, 6.45) is 6.66. The molecule has 1 aromatic rings. The molecular weight excluding hydrogens is 292 g/mol. The number of rotatable bonds is 7. The van der Waals surface area contributed by atoms with Gasteiger partial charge in [-0.3, -0.25) is 0 Å². The molecule has 0 fully saturated rings. The van der Waals surface area contributed by atoms with Gasteiger partial charge in [0.15, 0.2) is 0 Å². The molecule has 0 aliphatic carbocycles. The highest BCUT2D eigenvalue weighted by atomic mass is 16.5. The van der Waals surface area contributed by atoms with Crippen LogP contribution in [0.15, 0.2) is 59.7 Å². The van der Waals surface area contributed by atoms with E-state index in [1.165, 1.54) is 6.08 Å². The molecule has 122 valence electrons. The van der Waals surface area contributed by atoms with E-state index in [0.717, 1.165) is 5.56 Å². The van der Waals surface area contributed by atoms with E-state index in [1.807, 2.05) is 42.5 Å². The summed E-state index contributed by atoms with van der Waals surface area (Å²) < 4.78 is 9.85. The zero-order chi connectivity index (χ0) is 17.1. The van der Waals surface area contributed by atoms with Crippen molar-refractivity contribution in [3.8, 4) is 0 Å². The molecule has 0 spiro atoms. The molecule has 23 heavy (non-hydrogen) atoms. The van der Waals surface area contributed by atoms with E-state index < -0.39 is 11.9 Å². The van der Waals surface area contributed by atoms with Crippen LogP contribution in [-0.2, 0) is 19.1 Å². The van der Waals surface area contributed by atoms with E-state index in [9.17, 15) is 9.59 Å². The predicted molar refractivity (Wildman–Crippen MR) is 90.6 cm³/mol. The SMILES string of the molecule is CCOC(=O)\C=C(C(=O)OCC)/C(C)=C/C=C/c1ccccc1.